The average Bonchev–Trinajstić information content (AvgIpc) is 2.86. The molecule has 4 N–H and O–H groups in total. The molecule has 6 nitrogen and oxygen atoms in total. The van der Waals surface area contributed by atoms with Gasteiger partial charge in [0.05, 0.1) is 18.4 Å². The van der Waals surface area contributed by atoms with Crippen LogP contribution >= 0.6 is 0 Å². The number of carbonyl (C=O) groups is 1. The molecule has 0 aromatic carbocycles. The molecule has 78 valence electrons. The van der Waals surface area contributed by atoms with E-state index in [1.807, 2.05) is 0 Å². The number of nitrogens with one attached hydrogen (secondary N) is 2. The lowest BCUT2D eigenvalue weighted by molar-refractivity contribution is 0.0995. The molecule has 2 aromatic rings. The molecular formula is C9H10N4O2. The topological polar surface area (TPSA) is 96.9 Å². The number of anilines is 1. The van der Waals surface area contributed by atoms with Crippen molar-refractivity contribution in [3.05, 3.63) is 36.0 Å². The predicted octanol–water partition coefficient (Wildman–Crippen LogP) is 0.714. The van der Waals surface area contributed by atoms with Gasteiger partial charge in [-0.25, -0.2) is 0 Å². The molecule has 0 saturated heterocycles. The van der Waals surface area contributed by atoms with Gasteiger partial charge >= 0.3 is 0 Å². The van der Waals surface area contributed by atoms with E-state index in [1.165, 1.54) is 6.20 Å². The molecule has 0 aliphatic heterocycles. The van der Waals surface area contributed by atoms with Gasteiger partial charge in [-0.1, -0.05) is 0 Å². The van der Waals surface area contributed by atoms with Gasteiger partial charge in [0, 0.05) is 6.20 Å². The van der Waals surface area contributed by atoms with Crippen molar-refractivity contribution in [2.75, 3.05) is 5.32 Å². The zero-order chi connectivity index (χ0) is 10.7. The number of furan rings is 1. The Kier molecular flexibility index (Phi) is 2.51. The quantitative estimate of drug-likeness (QED) is 0.689. The Morgan fingerprint density at radius 2 is 2.47 bits per heavy atom. The van der Waals surface area contributed by atoms with Crippen LogP contribution in [0.3, 0.4) is 0 Å². The first-order valence-electron chi connectivity index (χ1n) is 4.38. The predicted molar refractivity (Wildman–Crippen MR) is 53.1 cm³/mol. The summed E-state index contributed by atoms with van der Waals surface area (Å²) in [6, 6.07) is 3.25. The van der Waals surface area contributed by atoms with Crippen LogP contribution in [0.4, 0.5) is 5.69 Å². The minimum Gasteiger partial charge on any atom is -0.455 e. The number of hydrogen-bond donors (Lipinski definition) is 3. The number of amides is 1. The summed E-state index contributed by atoms with van der Waals surface area (Å²) in [7, 11) is 0. The highest BCUT2D eigenvalue weighted by Crippen LogP contribution is 2.10. The van der Waals surface area contributed by atoms with Crippen LogP contribution in [-0.2, 0) is 6.54 Å². The Hall–Kier alpha value is -2.08. The first-order chi connectivity index (χ1) is 7.29. The first-order valence-corrected chi connectivity index (χ1v) is 4.38. The second-order valence-electron chi connectivity index (χ2n) is 2.91. The normalized spacial score (nSPS) is 10.2. The van der Waals surface area contributed by atoms with Crippen molar-refractivity contribution in [3.63, 3.8) is 0 Å². The van der Waals surface area contributed by atoms with Crippen LogP contribution in [0.2, 0.25) is 0 Å². The summed E-state index contributed by atoms with van der Waals surface area (Å²) in [5, 5.41) is 8.90. The summed E-state index contributed by atoms with van der Waals surface area (Å²) >= 11 is 0. The molecule has 0 aliphatic rings. The van der Waals surface area contributed by atoms with Gasteiger partial charge in [0.25, 0.3) is 5.91 Å². The Bertz CT molecular complexity index is 446. The van der Waals surface area contributed by atoms with Gasteiger partial charge in [0.2, 0.25) is 0 Å². The van der Waals surface area contributed by atoms with Crippen LogP contribution in [0.1, 0.15) is 16.3 Å². The molecule has 0 fully saturated rings. The highest BCUT2D eigenvalue weighted by atomic mass is 16.4. The number of nitrogens with zero attached hydrogens (tertiary/aromatic N) is 1. The average molecular weight is 206 g/mol. The standard InChI is InChI=1S/C9H10N4O2/c10-3-7-1-2-8(15-7)9(14)13-6-4-11-12-5-6/h1-2,4-5H,3,10H2,(H,11,12)(H,13,14). The summed E-state index contributed by atoms with van der Waals surface area (Å²) in [4.78, 5) is 11.6. The van der Waals surface area contributed by atoms with Gasteiger partial charge in [0.1, 0.15) is 5.76 Å². The molecule has 0 aliphatic carbocycles. The highest BCUT2D eigenvalue weighted by Gasteiger charge is 2.10. The number of rotatable bonds is 3. The molecule has 0 saturated carbocycles. The highest BCUT2D eigenvalue weighted by molar-refractivity contribution is 6.02. The number of H-pyrrole nitrogens is 1. The Balaban J connectivity index is 2.08. The summed E-state index contributed by atoms with van der Waals surface area (Å²) in [5.41, 5.74) is 5.95. The van der Waals surface area contributed by atoms with E-state index in [2.05, 4.69) is 15.5 Å². The largest absolute Gasteiger partial charge is 0.455 e. The van der Waals surface area contributed by atoms with E-state index < -0.39 is 0 Å². The molecule has 2 aromatic heterocycles. The lowest BCUT2D eigenvalue weighted by atomic mass is 10.4. The SMILES string of the molecule is NCc1ccc(C(=O)Nc2cn[nH]c2)o1. The third kappa shape index (κ3) is 2.05. The second kappa shape index (κ2) is 3.97. The fourth-order valence-electron chi connectivity index (χ4n) is 1.12. The fourth-order valence-corrected chi connectivity index (χ4v) is 1.12. The Labute approximate surface area is 85.5 Å². The van der Waals surface area contributed by atoms with Crippen LogP contribution in [0, 0.1) is 0 Å². The van der Waals surface area contributed by atoms with Crippen molar-refractivity contribution in [2.24, 2.45) is 5.73 Å². The summed E-state index contributed by atoms with van der Waals surface area (Å²) < 4.78 is 5.18. The molecule has 2 rings (SSSR count). The number of nitrogens with two attached hydrogens (primary N) is 1. The lowest BCUT2D eigenvalue weighted by Crippen LogP contribution is -2.10. The summed E-state index contributed by atoms with van der Waals surface area (Å²) in [5.74, 6) is 0.486. The smallest absolute Gasteiger partial charge is 0.291 e. The zero-order valence-corrected chi connectivity index (χ0v) is 7.86. The van der Waals surface area contributed by atoms with Gasteiger partial charge in [-0.15, -0.1) is 0 Å². The van der Waals surface area contributed by atoms with Gasteiger partial charge in [-0.2, -0.15) is 5.10 Å². The van der Waals surface area contributed by atoms with Crippen molar-refractivity contribution in [1.29, 1.82) is 0 Å². The maximum absolute atomic E-state index is 11.6. The van der Waals surface area contributed by atoms with Crippen LogP contribution < -0.4 is 11.1 Å². The van der Waals surface area contributed by atoms with Gasteiger partial charge < -0.3 is 15.5 Å². The van der Waals surface area contributed by atoms with Crippen LogP contribution in [0.25, 0.3) is 0 Å². The van der Waals surface area contributed by atoms with E-state index in [0.717, 1.165) is 0 Å². The van der Waals surface area contributed by atoms with Crippen molar-refractivity contribution >= 4 is 11.6 Å². The van der Waals surface area contributed by atoms with Gasteiger partial charge in [-0.05, 0) is 12.1 Å². The van der Waals surface area contributed by atoms with E-state index in [4.69, 9.17) is 10.2 Å². The molecule has 2 heterocycles. The molecule has 0 unspecified atom stereocenters. The monoisotopic (exact) mass is 206 g/mol. The third-order valence-corrected chi connectivity index (χ3v) is 1.84. The van der Waals surface area contributed by atoms with E-state index in [0.29, 0.717) is 11.4 Å². The number of aromatic amines is 1. The number of hydrogen-bond acceptors (Lipinski definition) is 4. The third-order valence-electron chi connectivity index (χ3n) is 1.84. The van der Waals surface area contributed by atoms with Crippen LogP contribution in [0.5, 0.6) is 0 Å². The maximum atomic E-state index is 11.6. The van der Waals surface area contributed by atoms with E-state index in [-0.39, 0.29) is 18.2 Å². The second-order valence-corrected chi connectivity index (χ2v) is 2.91. The molecule has 1 amide bonds. The Morgan fingerprint density at radius 1 is 1.60 bits per heavy atom. The molecule has 0 radical (unpaired) electrons. The van der Waals surface area contributed by atoms with E-state index in [1.54, 1.807) is 18.3 Å². The minimum absolute atomic E-state index is 0.233. The van der Waals surface area contributed by atoms with Crippen LogP contribution in [-0.4, -0.2) is 16.1 Å². The maximum Gasteiger partial charge on any atom is 0.291 e. The minimum atomic E-state index is -0.323. The molecule has 6 heteroatoms. The van der Waals surface area contributed by atoms with Crippen LogP contribution in [0.15, 0.2) is 28.9 Å². The lowest BCUT2D eigenvalue weighted by Gasteiger charge is -1.97. The first kappa shape index (κ1) is 9.47. The van der Waals surface area contributed by atoms with E-state index >= 15 is 0 Å². The fraction of sp³-hybridized carbons (Fsp3) is 0.111. The molecule has 0 bridgehead atoms. The van der Waals surface area contributed by atoms with E-state index in [9.17, 15) is 4.79 Å². The van der Waals surface area contributed by atoms with Crippen molar-refractivity contribution in [2.45, 2.75) is 6.54 Å². The number of carbonyl (C=O) groups excluding carboxylic acids is 1. The summed E-state index contributed by atoms with van der Waals surface area (Å²) in [6.07, 6.45) is 3.08. The Morgan fingerprint density at radius 3 is 3.07 bits per heavy atom. The van der Waals surface area contributed by atoms with Crippen molar-refractivity contribution in [1.82, 2.24) is 10.2 Å². The zero-order valence-electron chi connectivity index (χ0n) is 7.86. The number of aromatic nitrogens is 2. The molecular weight excluding hydrogens is 196 g/mol. The summed E-state index contributed by atoms with van der Waals surface area (Å²) in [6.45, 7) is 0.277. The molecule has 0 spiro atoms. The molecule has 0 atom stereocenters. The molecule has 15 heavy (non-hydrogen) atoms. The van der Waals surface area contributed by atoms with Crippen molar-refractivity contribution in [3.8, 4) is 0 Å². The van der Waals surface area contributed by atoms with Crippen molar-refractivity contribution < 1.29 is 9.21 Å². The van der Waals surface area contributed by atoms with Gasteiger partial charge in [0.15, 0.2) is 5.76 Å². The van der Waals surface area contributed by atoms with Gasteiger partial charge in [-0.3, -0.25) is 9.89 Å².